The number of carbonyl (C=O) groups excluding carboxylic acids is 2. The molecule has 5 N–H and O–H groups in total. The van der Waals surface area contributed by atoms with Gasteiger partial charge in [-0.2, -0.15) is 0 Å². The summed E-state index contributed by atoms with van der Waals surface area (Å²) in [6.07, 6.45) is 2.59. The second-order valence-corrected chi connectivity index (χ2v) is 2.26. The van der Waals surface area contributed by atoms with Gasteiger partial charge in [-0.25, -0.2) is 5.84 Å². The Morgan fingerprint density at radius 3 is 2.62 bits per heavy atom. The van der Waals surface area contributed by atoms with E-state index in [0.29, 0.717) is 0 Å². The van der Waals surface area contributed by atoms with Gasteiger partial charge in [0.15, 0.2) is 0 Å². The van der Waals surface area contributed by atoms with Crippen LogP contribution in [0, 0.1) is 0 Å². The van der Waals surface area contributed by atoms with Crippen LogP contribution in [0.1, 0.15) is 20.7 Å². The van der Waals surface area contributed by atoms with E-state index >= 15 is 0 Å². The summed E-state index contributed by atoms with van der Waals surface area (Å²) >= 11 is 0. The van der Waals surface area contributed by atoms with E-state index in [-0.39, 0.29) is 11.1 Å². The van der Waals surface area contributed by atoms with E-state index in [1.807, 2.05) is 5.43 Å². The molecule has 0 aromatic carbocycles. The predicted molar refractivity (Wildman–Crippen MR) is 44.4 cm³/mol. The van der Waals surface area contributed by atoms with Crippen LogP contribution in [0.4, 0.5) is 0 Å². The van der Waals surface area contributed by atoms with Crippen LogP contribution in [0.25, 0.3) is 0 Å². The number of nitrogens with two attached hydrogens (primary N) is 2. The standard InChI is InChI=1S/C7H8N4O2/c8-6(12)4-1-2-10-3-5(4)7(13)11-9/h1-3H,9H2,(H2,8,12)(H,11,13). The predicted octanol–water partition coefficient (Wildman–Crippen LogP) is -1.22. The van der Waals surface area contributed by atoms with E-state index in [0.717, 1.165) is 0 Å². The van der Waals surface area contributed by atoms with Crippen molar-refractivity contribution in [3.8, 4) is 0 Å². The first kappa shape index (κ1) is 9.14. The first-order valence-corrected chi connectivity index (χ1v) is 3.41. The zero-order chi connectivity index (χ0) is 9.84. The van der Waals surface area contributed by atoms with Crippen LogP contribution < -0.4 is 17.0 Å². The molecule has 0 aliphatic rings. The van der Waals surface area contributed by atoms with E-state index < -0.39 is 11.8 Å². The first-order valence-electron chi connectivity index (χ1n) is 3.41. The monoisotopic (exact) mass is 180 g/mol. The third-order valence-corrected chi connectivity index (χ3v) is 1.46. The van der Waals surface area contributed by atoms with Crippen molar-refractivity contribution in [2.24, 2.45) is 11.6 Å². The molecule has 2 amide bonds. The summed E-state index contributed by atoms with van der Waals surface area (Å²) in [6, 6.07) is 1.35. The van der Waals surface area contributed by atoms with E-state index in [9.17, 15) is 9.59 Å². The summed E-state index contributed by atoms with van der Waals surface area (Å²) in [5.41, 5.74) is 7.07. The van der Waals surface area contributed by atoms with Crippen LogP contribution in [-0.2, 0) is 0 Å². The fourth-order valence-electron chi connectivity index (χ4n) is 0.868. The lowest BCUT2D eigenvalue weighted by Gasteiger charge is -2.02. The summed E-state index contributed by atoms with van der Waals surface area (Å²) in [4.78, 5) is 25.5. The Kier molecular flexibility index (Phi) is 2.56. The van der Waals surface area contributed by atoms with E-state index in [1.165, 1.54) is 18.5 Å². The lowest BCUT2D eigenvalue weighted by Crippen LogP contribution is -2.32. The maximum Gasteiger partial charge on any atom is 0.267 e. The maximum atomic E-state index is 11.1. The number of nitrogens with one attached hydrogen (secondary N) is 1. The molecule has 0 radical (unpaired) electrons. The number of nitrogen functional groups attached to an aromatic ring is 1. The van der Waals surface area contributed by atoms with Gasteiger partial charge in [-0.1, -0.05) is 0 Å². The van der Waals surface area contributed by atoms with Crippen LogP contribution in [0.3, 0.4) is 0 Å². The van der Waals surface area contributed by atoms with Gasteiger partial charge < -0.3 is 5.73 Å². The first-order chi connectivity index (χ1) is 6.16. The van der Waals surface area contributed by atoms with Crippen LogP contribution in [0.15, 0.2) is 18.5 Å². The van der Waals surface area contributed by atoms with Crippen molar-refractivity contribution in [2.75, 3.05) is 0 Å². The zero-order valence-corrected chi connectivity index (χ0v) is 6.65. The van der Waals surface area contributed by atoms with Gasteiger partial charge in [0.05, 0.1) is 11.1 Å². The Hall–Kier alpha value is -1.95. The van der Waals surface area contributed by atoms with Gasteiger partial charge in [-0.05, 0) is 6.07 Å². The summed E-state index contributed by atoms with van der Waals surface area (Å²) in [5, 5.41) is 0. The normalized spacial score (nSPS) is 9.31. The maximum absolute atomic E-state index is 11.1. The quantitative estimate of drug-likeness (QED) is 0.301. The topological polar surface area (TPSA) is 111 Å². The Balaban J connectivity index is 3.19. The molecule has 6 nitrogen and oxygen atoms in total. The number of hydrogen-bond donors (Lipinski definition) is 3. The minimum atomic E-state index is -0.694. The molecule has 0 saturated heterocycles. The van der Waals surface area contributed by atoms with Gasteiger partial charge in [-0.15, -0.1) is 0 Å². The van der Waals surface area contributed by atoms with E-state index in [1.54, 1.807) is 0 Å². The highest BCUT2D eigenvalue weighted by Crippen LogP contribution is 2.04. The molecule has 0 aliphatic heterocycles. The van der Waals surface area contributed by atoms with Gasteiger partial charge >= 0.3 is 0 Å². The molecular weight excluding hydrogens is 172 g/mol. The van der Waals surface area contributed by atoms with Gasteiger partial charge in [0, 0.05) is 12.4 Å². The van der Waals surface area contributed by atoms with Crippen LogP contribution >= 0.6 is 0 Å². The molecule has 0 unspecified atom stereocenters. The van der Waals surface area contributed by atoms with Gasteiger partial charge in [0.2, 0.25) is 5.91 Å². The molecular formula is C7H8N4O2. The Morgan fingerprint density at radius 2 is 2.08 bits per heavy atom. The van der Waals surface area contributed by atoms with Crippen LogP contribution in [-0.4, -0.2) is 16.8 Å². The Morgan fingerprint density at radius 1 is 1.38 bits per heavy atom. The average Bonchev–Trinajstić information content (AvgIpc) is 2.16. The third kappa shape index (κ3) is 1.79. The molecule has 0 bridgehead atoms. The largest absolute Gasteiger partial charge is 0.366 e. The number of amides is 2. The molecule has 1 aromatic heterocycles. The molecule has 0 atom stereocenters. The van der Waals surface area contributed by atoms with Crippen molar-refractivity contribution in [1.29, 1.82) is 0 Å². The molecule has 1 heterocycles. The number of nitrogens with zero attached hydrogens (tertiary/aromatic N) is 1. The Labute approximate surface area is 73.9 Å². The van der Waals surface area contributed by atoms with Crippen molar-refractivity contribution in [1.82, 2.24) is 10.4 Å². The average molecular weight is 180 g/mol. The smallest absolute Gasteiger partial charge is 0.267 e. The minimum absolute atomic E-state index is 0.0671. The second-order valence-electron chi connectivity index (χ2n) is 2.26. The number of hydrogen-bond acceptors (Lipinski definition) is 4. The molecule has 1 aromatic rings. The molecule has 1 rings (SSSR count). The second kappa shape index (κ2) is 3.63. The zero-order valence-electron chi connectivity index (χ0n) is 6.65. The fourth-order valence-corrected chi connectivity index (χ4v) is 0.868. The number of primary amides is 1. The number of hydrazine groups is 1. The van der Waals surface area contributed by atoms with Crippen LogP contribution in [0.5, 0.6) is 0 Å². The molecule has 13 heavy (non-hydrogen) atoms. The molecule has 0 aliphatic carbocycles. The number of pyridine rings is 1. The van der Waals surface area contributed by atoms with E-state index in [4.69, 9.17) is 11.6 Å². The molecule has 0 fully saturated rings. The number of carbonyl (C=O) groups is 2. The van der Waals surface area contributed by atoms with Gasteiger partial charge in [0.25, 0.3) is 5.91 Å². The highest BCUT2D eigenvalue weighted by atomic mass is 16.2. The van der Waals surface area contributed by atoms with E-state index in [2.05, 4.69) is 4.98 Å². The SMILES string of the molecule is NNC(=O)c1cnccc1C(N)=O. The lowest BCUT2D eigenvalue weighted by atomic mass is 10.1. The number of aromatic nitrogens is 1. The number of rotatable bonds is 2. The van der Waals surface area contributed by atoms with Crippen molar-refractivity contribution < 1.29 is 9.59 Å². The van der Waals surface area contributed by atoms with Gasteiger partial charge in [-0.3, -0.25) is 20.0 Å². The van der Waals surface area contributed by atoms with Crippen LogP contribution in [0.2, 0.25) is 0 Å². The summed E-state index contributed by atoms with van der Waals surface area (Å²) in [7, 11) is 0. The highest BCUT2D eigenvalue weighted by Gasteiger charge is 2.13. The molecule has 0 saturated carbocycles. The van der Waals surface area contributed by atoms with Gasteiger partial charge in [0.1, 0.15) is 0 Å². The summed E-state index contributed by atoms with van der Waals surface area (Å²) < 4.78 is 0. The van der Waals surface area contributed by atoms with Crippen molar-refractivity contribution in [2.45, 2.75) is 0 Å². The van der Waals surface area contributed by atoms with Crippen molar-refractivity contribution >= 4 is 11.8 Å². The third-order valence-electron chi connectivity index (χ3n) is 1.46. The molecule has 6 heteroatoms. The van der Waals surface area contributed by atoms with Crippen molar-refractivity contribution in [3.63, 3.8) is 0 Å². The molecule has 0 spiro atoms. The molecule has 68 valence electrons. The Bertz CT molecular complexity index is 350. The minimum Gasteiger partial charge on any atom is -0.366 e. The summed E-state index contributed by atoms with van der Waals surface area (Å²) in [5.74, 6) is 3.60. The lowest BCUT2D eigenvalue weighted by molar-refractivity contribution is 0.0935. The highest BCUT2D eigenvalue weighted by molar-refractivity contribution is 6.06. The van der Waals surface area contributed by atoms with Crippen molar-refractivity contribution in [3.05, 3.63) is 29.6 Å². The fraction of sp³-hybridized carbons (Fsp3) is 0. The summed E-state index contributed by atoms with van der Waals surface area (Å²) in [6.45, 7) is 0.